The zero-order chi connectivity index (χ0) is 9.56. The Bertz CT molecular complexity index is 168. The molecular formula is C8H15NO3. The van der Waals surface area contributed by atoms with E-state index in [1.165, 1.54) is 14.0 Å². The van der Waals surface area contributed by atoms with Gasteiger partial charge in [-0.1, -0.05) is 0 Å². The van der Waals surface area contributed by atoms with Gasteiger partial charge in [0.2, 0.25) is 5.91 Å². The summed E-state index contributed by atoms with van der Waals surface area (Å²) in [5, 5.41) is 0. The summed E-state index contributed by atoms with van der Waals surface area (Å²) >= 11 is 0. The lowest BCUT2D eigenvalue weighted by molar-refractivity contribution is -0.138. The van der Waals surface area contributed by atoms with Crippen molar-refractivity contribution in [1.82, 2.24) is 4.90 Å². The third-order valence-corrected chi connectivity index (χ3v) is 1.60. The maximum absolute atomic E-state index is 10.5. The molecular weight excluding hydrogens is 158 g/mol. The smallest absolute Gasteiger partial charge is 0.302 e. The Morgan fingerprint density at radius 2 is 2.08 bits per heavy atom. The highest BCUT2D eigenvalue weighted by atomic mass is 16.5. The zero-order valence-electron chi connectivity index (χ0n) is 7.79. The average molecular weight is 173 g/mol. The Morgan fingerprint density at radius 3 is 2.17 bits per heavy atom. The monoisotopic (exact) mass is 173 g/mol. The van der Waals surface area contributed by atoms with Gasteiger partial charge in [-0.15, -0.1) is 0 Å². The Morgan fingerprint density at radius 1 is 1.58 bits per heavy atom. The zero-order valence-corrected chi connectivity index (χ0v) is 7.79. The maximum atomic E-state index is 10.5. The van der Waals surface area contributed by atoms with Crippen LogP contribution in [0.4, 0.5) is 0 Å². The summed E-state index contributed by atoms with van der Waals surface area (Å²) in [6.07, 6.45) is 1.81. The minimum Gasteiger partial charge on any atom is -0.469 e. The molecule has 0 aromatic rings. The van der Waals surface area contributed by atoms with Crippen LogP contribution in [-0.2, 0) is 14.3 Å². The van der Waals surface area contributed by atoms with Crippen molar-refractivity contribution < 1.29 is 14.3 Å². The van der Waals surface area contributed by atoms with Crippen LogP contribution < -0.4 is 0 Å². The number of hydrogen-bond acceptors (Lipinski definition) is 3. The summed E-state index contributed by atoms with van der Waals surface area (Å²) < 4.78 is 4.11. The molecule has 0 N–H and O–H groups in total. The Hall–Kier alpha value is -1.06. The van der Waals surface area contributed by atoms with Gasteiger partial charge >= 0.3 is 5.97 Å². The minimum absolute atomic E-state index is 0.245. The summed E-state index contributed by atoms with van der Waals surface area (Å²) in [7, 11) is 3.19. The van der Waals surface area contributed by atoms with Crippen LogP contribution in [0.2, 0.25) is 0 Å². The second-order valence-electron chi connectivity index (χ2n) is 2.61. The van der Waals surface area contributed by atoms with Gasteiger partial charge in [0.05, 0.1) is 7.11 Å². The van der Waals surface area contributed by atoms with Crippen LogP contribution in [0, 0.1) is 0 Å². The van der Waals surface area contributed by atoms with Crippen molar-refractivity contribution in [3.63, 3.8) is 0 Å². The lowest BCUT2D eigenvalue weighted by Crippen LogP contribution is -2.17. The standard InChI is InChI=1S/C5H9NO.C3H6O2/c1-6-4-2-3-5(6)7;1-3(4)5-2/h2-4H2,1H3;1-2H3. The molecule has 12 heavy (non-hydrogen) atoms. The molecule has 0 bridgehead atoms. The molecule has 1 heterocycles. The molecule has 1 saturated heterocycles. The fraction of sp³-hybridized carbons (Fsp3) is 0.750. The molecule has 1 amide bonds. The molecule has 0 aromatic carbocycles. The summed E-state index contributed by atoms with van der Waals surface area (Å²) in [6.45, 7) is 2.32. The van der Waals surface area contributed by atoms with E-state index in [2.05, 4.69) is 4.74 Å². The molecule has 1 aliphatic rings. The van der Waals surface area contributed by atoms with Gasteiger partial charge in [-0.25, -0.2) is 0 Å². The van der Waals surface area contributed by atoms with Crippen molar-refractivity contribution >= 4 is 11.9 Å². The first-order chi connectivity index (χ1) is 5.57. The van der Waals surface area contributed by atoms with Crippen LogP contribution in [0.25, 0.3) is 0 Å². The predicted octanol–water partition coefficient (Wildman–Crippen LogP) is 0.418. The molecule has 0 saturated carbocycles. The van der Waals surface area contributed by atoms with Crippen LogP contribution in [0.1, 0.15) is 19.8 Å². The van der Waals surface area contributed by atoms with Gasteiger partial charge in [-0.05, 0) is 6.42 Å². The summed E-state index contributed by atoms with van der Waals surface area (Å²) in [6, 6.07) is 0. The predicted molar refractivity (Wildman–Crippen MR) is 44.6 cm³/mol. The number of esters is 1. The quantitative estimate of drug-likeness (QED) is 0.499. The summed E-state index contributed by atoms with van der Waals surface area (Å²) in [5.41, 5.74) is 0. The van der Waals surface area contributed by atoms with Crippen molar-refractivity contribution in [2.75, 3.05) is 20.7 Å². The van der Waals surface area contributed by atoms with E-state index in [0.717, 1.165) is 19.4 Å². The van der Waals surface area contributed by atoms with Crippen molar-refractivity contribution in [3.8, 4) is 0 Å². The molecule has 0 unspecified atom stereocenters. The second kappa shape index (κ2) is 5.57. The van der Waals surface area contributed by atoms with Crippen molar-refractivity contribution in [2.45, 2.75) is 19.8 Å². The molecule has 0 aromatic heterocycles. The highest BCUT2D eigenvalue weighted by molar-refractivity contribution is 5.77. The van der Waals surface area contributed by atoms with E-state index in [1.807, 2.05) is 7.05 Å². The van der Waals surface area contributed by atoms with Crippen LogP contribution in [0.5, 0.6) is 0 Å². The molecule has 0 spiro atoms. The van der Waals surface area contributed by atoms with E-state index in [9.17, 15) is 9.59 Å². The third-order valence-electron chi connectivity index (χ3n) is 1.60. The van der Waals surface area contributed by atoms with E-state index in [-0.39, 0.29) is 5.97 Å². The van der Waals surface area contributed by atoms with E-state index < -0.39 is 0 Å². The number of hydrogen-bond donors (Lipinski definition) is 0. The number of carbonyl (C=O) groups is 2. The number of methoxy groups -OCH3 is 1. The lowest BCUT2D eigenvalue weighted by Gasteiger charge is -2.03. The Kier molecular flexibility index (Phi) is 5.08. The number of carbonyl (C=O) groups excluding carboxylic acids is 2. The van der Waals surface area contributed by atoms with E-state index >= 15 is 0 Å². The van der Waals surface area contributed by atoms with Crippen molar-refractivity contribution in [2.24, 2.45) is 0 Å². The van der Waals surface area contributed by atoms with Gasteiger partial charge in [-0.2, -0.15) is 0 Å². The summed E-state index contributed by atoms with van der Waals surface area (Å²) in [4.78, 5) is 21.9. The molecule has 1 aliphatic heterocycles. The van der Waals surface area contributed by atoms with Crippen LogP contribution in [0.15, 0.2) is 0 Å². The fourth-order valence-electron chi connectivity index (χ4n) is 0.783. The topological polar surface area (TPSA) is 46.6 Å². The molecule has 4 heteroatoms. The molecule has 4 nitrogen and oxygen atoms in total. The van der Waals surface area contributed by atoms with Crippen LogP contribution >= 0.6 is 0 Å². The first-order valence-electron chi connectivity index (χ1n) is 3.86. The number of nitrogens with zero attached hydrogens (tertiary/aromatic N) is 1. The van der Waals surface area contributed by atoms with Gasteiger partial charge in [0.1, 0.15) is 0 Å². The van der Waals surface area contributed by atoms with E-state index in [0.29, 0.717) is 5.91 Å². The number of likely N-dealkylation sites (tertiary alicyclic amines) is 1. The average Bonchev–Trinajstić information content (AvgIpc) is 2.37. The SMILES string of the molecule is CN1CCCC1=O.COC(C)=O. The second-order valence-corrected chi connectivity index (χ2v) is 2.61. The van der Waals surface area contributed by atoms with E-state index in [1.54, 1.807) is 4.90 Å². The molecule has 1 rings (SSSR count). The van der Waals surface area contributed by atoms with Gasteiger partial charge < -0.3 is 9.64 Å². The molecule has 0 atom stereocenters. The first kappa shape index (κ1) is 10.9. The van der Waals surface area contributed by atoms with Crippen LogP contribution in [-0.4, -0.2) is 37.5 Å². The van der Waals surface area contributed by atoms with Gasteiger partial charge in [0.25, 0.3) is 0 Å². The van der Waals surface area contributed by atoms with Gasteiger partial charge in [-0.3, -0.25) is 9.59 Å². The first-order valence-corrected chi connectivity index (χ1v) is 3.86. The maximum Gasteiger partial charge on any atom is 0.302 e. The van der Waals surface area contributed by atoms with Gasteiger partial charge in [0, 0.05) is 26.9 Å². The van der Waals surface area contributed by atoms with Crippen molar-refractivity contribution in [3.05, 3.63) is 0 Å². The number of rotatable bonds is 0. The normalized spacial score (nSPS) is 15.2. The van der Waals surface area contributed by atoms with Crippen LogP contribution in [0.3, 0.4) is 0 Å². The number of ether oxygens (including phenoxy) is 1. The largest absolute Gasteiger partial charge is 0.469 e. The third kappa shape index (κ3) is 4.71. The lowest BCUT2D eigenvalue weighted by atomic mass is 10.4. The molecule has 0 radical (unpaired) electrons. The molecule has 70 valence electrons. The minimum atomic E-state index is -0.245. The number of amides is 1. The highest BCUT2D eigenvalue weighted by Crippen LogP contribution is 2.04. The fourth-order valence-corrected chi connectivity index (χ4v) is 0.783. The Balaban J connectivity index is 0.000000217. The molecule has 0 aliphatic carbocycles. The van der Waals surface area contributed by atoms with Gasteiger partial charge in [0.15, 0.2) is 0 Å². The van der Waals surface area contributed by atoms with E-state index in [4.69, 9.17) is 0 Å². The van der Waals surface area contributed by atoms with Crippen molar-refractivity contribution in [1.29, 1.82) is 0 Å². The summed E-state index contributed by atoms with van der Waals surface area (Å²) in [5.74, 6) is 0.0463. The Labute approximate surface area is 72.5 Å². The molecule has 1 fully saturated rings. The highest BCUT2D eigenvalue weighted by Gasteiger charge is 2.14.